The van der Waals surface area contributed by atoms with E-state index in [0.717, 1.165) is 23.6 Å². The van der Waals surface area contributed by atoms with E-state index >= 15 is 0 Å². The van der Waals surface area contributed by atoms with E-state index in [1.807, 2.05) is 18.7 Å². The van der Waals surface area contributed by atoms with Crippen molar-refractivity contribution in [2.45, 2.75) is 19.6 Å². The largest absolute Gasteiger partial charge is 0.369 e. The Hall–Kier alpha value is -2.08. The molecule has 0 unspecified atom stereocenters. The summed E-state index contributed by atoms with van der Waals surface area (Å²) in [5.74, 6) is 2.64. The number of aromatic nitrogens is 1. The number of anilines is 1. The van der Waals surface area contributed by atoms with Crippen molar-refractivity contribution < 1.29 is 4.92 Å². The highest BCUT2D eigenvalue weighted by Crippen LogP contribution is 2.18. The van der Waals surface area contributed by atoms with E-state index in [0.29, 0.717) is 5.82 Å². The molecular weight excluding hydrogens is 298 g/mol. The molecule has 0 amide bonds. The van der Waals surface area contributed by atoms with Crippen LogP contribution in [-0.4, -0.2) is 22.2 Å². The number of hydrogen-bond acceptors (Lipinski definition) is 5. The molecule has 0 saturated carbocycles. The number of nitro groups is 1. The van der Waals surface area contributed by atoms with Crippen LogP contribution in [0.1, 0.15) is 16.7 Å². The molecule has 0 aliphatic heterocycles. The summed E-state index contributed by atoms with van der Waals surface area (Å²) < 4.78 is 0. The van der Waals surface area contributed by atoms with Gasteiger partial charge < -0.3 is 5.32 Å². The zero-order valence-corrected chi connectivity index (χ0v) is 13.5. The second-order valence-corrected chi connectivity index (χ2v) is 6.19. The van der Waals surface area contributed by atoms with Gasteiger partial charge >= 0.3 is 0 Å². The van der Waals surface area contributed by atoms with E-state index in [2.05, 4.69) is 41.5 Å². The minimum atomic E-state index is -0.429. The second kappa shape index (κ2) is 7.79. The predicted molar refractivity (Wildman–Crippen MR) is 91.5 cm³/mol. The molecular formula is C16H19N3O2S. The summed E-state index contributed by atoms with van der Waals surface area (Å²) in [5, 5.41) is 13.9. The smallest absolute Gasteiger partial charge is 0.287 e. The van der Waals surface area contributed by atoms with Gasteiger partial charge in [-0.1, -0.05) is 29.8 Å². The van der Waals surface area contributed by atoms with Crippen molar-refractivity contribution in [3.8, 4) is 0 Å². The molecule has 0 fully saturated rings. The van der Waals surface area contributed by atoms with Crippen LogP contribution in [0.3, 0.4) is 0 Å². The van der Waals surface area contributed by atoms with Gasteiger partial charge in [-0.05, 0) is 25.0 Å². The van der Waals surface area contributed by atoms with Crippen LogP contribution in [0, 0.1) is 24.0 Å². The first-order valence-electron chi connectivity index (χ1n) is 7.04. The van der Waals surface area contributed by atoms with Crippen LogP contribution in [0.5, 0.6) is 0 Å². The molecule has 116 valence electrons. The molecule has 22 heavy (non-hydrogen) atoms. The number of thioether (sulfide) groups is 1. The van der Waals surface area contributed by atoms with E-state index in [1.54, 1.807) is 0 Å². The highest BCUT2D eigenvalue weighted by atomic mass is 32.2. The normalized spacial score (nSPS) is 10.5. The summed E-state index contributed by atoms with van der Waals surface area (Å²) in [6.07, 6.45) is 1.29. The molecule has 0 aliphatic rings. The van der Waals surface area contributed by atoms with Crippen LogP contribution in [-0.2, 0) is 5.75 Å². The molecule has 1 N–H and O–H groups in total. The average molecular weight is 317 g/mol. The van der Waals surface area contributed by atoms with Crippen molar-refractivity contribution >= 4 is 23.3 Å². The standard InChI is InChI=1S/C16H19N3O2S/c1-12-3-5-14(6-4-12)11-22-8-7-17-16-13(2)9-15(10-18-16)19(20)21/h3-6,9-10H,7-8,11H2,1-2H3,(H,17,18). The van der Waals surface area contributed by atoms with E-state index in [-0.39, 0.29) is 5.69 Å². The van der Waals surface area contributed by atoms with Crippen molar-refractivity contribution in [1.82, 2.24) is 4.98 Å². The molecule has 2 aromatic rings. The van der Waals surface area contributed by atoms with E-state index in [1.165, 1.54) is 23.4 Å². The maximum atomic E-state index is 10.7. The van der Waals surface area contributed by atoms with Crippen LogP contribution in [0.2, 0.25) is 0 Å². The molecule has 2 rings (SSSR count). The van der Waals surface area contributed by atoms with Gasteiger partial charge in [-0.15, -0.1) is 0 Å². The maximum absolute atomic E-state index is 10.7. The van der Waals surface area contributed by atoms with E-state index in [4.69, 9.17) is 0 Å². The topological polar surface area (TPSA) is 68.1 Å². The summed E-state index contributed by atoms with van der Waals surface area (Å²) in [6, 6.07) is 10.1. The number of rotatable bonds is 7. The Balaban J connectivity index is 1.74. The third-order valence-electron chi connectivity index (χ3n) is 3.20. The lowest BCUT2D eigenvalue weighted by Gasteiger charge is -2.08. The number of nitrogens with one attached hydrogen (secondary N) is 1. The fourth-order valence-corrected chi connectivity index (χ4v) is 2.78. The predicted octanol–water partition coefficient (Wildman–Crippen LogP) is 3.95. The van der Waals surface area contributed by atoms with Gasteiger partial charge in [-0.25, -0.2) is 4.98 Å². The summed E-state index contributed by atoms with van der Waals surface area (Å²) in [5.41, 5.74) is 3.41. The van der Waals surface area contributed by atoms with Crippen molar-refractivity contribution in [2.24, 2.45) is 0 Å². The summed E-state index contributed by atoms with van der Waals surface area (Å²) in [6.45, 7) is 4.68. The Morgan fingerprint density at radius 1 is 1.27 bits per heavy atom. The van der Waals surface area contributed by atoms with Crippen LogP contribution in [0.25, 0.3) is 0 Å². The van der Waals surface area contributed by atoms with Crippen LogP contribution in [0.4, 0.5) is 11.5 Å². The first-order chi connectivity index (χ1) is 10.6. The van der Waals surface area contributed by atoms with Gasteiger partial charge in [-0.3, -0.25) is 10.1 Å². The molecule has 0 radical (unpaired) electrons. The lowest BCUT2D eigenvalue weighted by atomic mass is 10.2. The highest BCUT2D eigenvalue weighted by Gasteiger charge is 2.08. The van der Waals surface area contributed by atoms with Crippen molar-refractivity contribution in [1.29, 1.82) is 0 Å². The van der Waals surface area contributed by atoms with Crippen molar-refractivity contribution in [2.75, 3.05) is 17.6 Å². The van der Waals surface area contributed by atoms with Gasteiger partial charge in [-0.2, -0.15) is 11.8 Å². The number of hydrogen-bond donors (Lipinski definition) is 1. The molecule has 0 saturated heterocycles. The van der Waals surface area contributed by atoms with Crippen molar-refractivity contribution in [3.05, 3.63) is 63.3 Å². The number of nitrogens with zero attached hydrogens (tertiary/aromatic N) is 2. The molecule has 0 bridgehead atoms. The Morgan fingerprint density at radius 2 is 2.00 bits per heavy atom. The lowest BCUT2D eigenvalue weighted by Crippen LogP contribution is -2.07. The minimum Gasteiger partial charge on any atom is -0.369 e. The fraction of sp³-hybridized carbons (Fsp3) is 0.312. The third kappa shape index (κ3) is 4.73. The minimum absolute atomic E-state index is 0.0248. The molecule has 1 heterocycles. The highest BCUT2D eigenvalue weighted by molar-refractivity contribution is 7.98. The van der Waals surface area contributed by atoms with Crippen LogP contribution >= 0.6 is 11.8 Å². The third-order valence-corrected chi connectivity index (χ3v) is 4.23. The van der Waals surface area contributed by atoms with Gasteiger partial charge in [0, 0.05) is 24.1 Å². The van der Waals surface area contributed by atoms with Crippen LogP contribution < -0.4 is 5.32 Å². The monoisotopic (exact) mass is 317 g/mol. The first-order valence-corrected chi connectivity index (χ1v) is 8.20. The average Bonchev–Trinajstić information content (AvgIpc) is 2.50. The number of pyridine rings is 1. The zero-order chi connectivity index (χ0) is 15.9. The lowest BCUT2D eigenvalue weighted by molar-refractivity contribution is -0.385. The molecule has 1 aromatic heterocycles. The van der Waals surface area contributed by atoms with Crippen molar-refractivity contribution in [3.63, 3.8) is 0 Å². The van der Waals surface area contributed by atoms with Gasteiger partial charge in [0.2, 0.25) is 0 Å². The zero-order valence-electron chi connectivity index (χ0n) is 12.7. The number of aryl methyl sites for hydroxylation is 2. The fourth-order valence-electron chi connectivity index (χ4n) is 1.96. The maximum Gasteiger partial charge on any atom is 0.287 e. The molecule has 1 aromatic carbocycles. The van der Waals surface area contributed by atoms with Gasteiger partial charge in [0.05, 0.1) is 4.92 Å². The second-order valence-electron chi connectivity index (χ2n) is 5.08. The Bertz CT molecular complexity index is 644. The van der Waals surface area contributed by atoms with Gasteiger partial charge in [0.25, 0.3) is 5.69 Å². The molecule has 0 atom stereocenters. The summed E-state index contributed by atoms with van der Waals surface area (Å²) in [7, 11) is 0. The quantitative estimate of drug-likeness (QED) is 0.476. The van der Waals surface area contributed by atoms with E-state index < -0.39 is 4.92 Å². The summed E-state index contributed by atoms with van der Waals surface area (Å²) >= 11 is 1.85. The Morgan fingerprint density at radius 3 is 2.64 bits per heavy atom. The van der Waals surface area contributed by atoms with Crippen LogP contribution in [0.15, 0.2) is 36.5 Å². The number of benzene rings is 1. The SMILES string of the molecule is Cc1ccc(CSCCNc2ncc([N+](=O)[O-])cc2C)cc1. The Labute approximate surface area is 134 Å². The molecule has 0 aliphatic carbocycles. The molecule has 5 nitrogen and oxygen atoms in total. The molecule has 6 heteroatoms. The Kier molecular flexibility index (Phi) is 5.77. The van der Waals surface area contributed by atoms with E-state index in [9.17, 15) is 10.1 Å². The summed E-state index contributed by atoms with van der Waals surface area (Å²) in [4.78, 5) is 14.3. The molecule has 0 spiro atoms. The van der Waals surface area contributed by atoms with Gasteiger partial charge in [0.15, 0.2) is 0 Å². The van der Waals surface area contributed by atoms with Gasteiger partial charge in [0.1, 0.15) is 12.0 Å². The first kappa shape index (κ1) is 16.3.